The van der Waals surface area contributed by atoms with E-state index in [2.05, 4.69) is 24.3 Å². The van der Waals surface area contributed by atoms with Crippen LogP contribution < -0.4 is 0 Å². The molecular formula is C16H18O. The van der Waals surface area contributed by atoms with Crippen molar-refractivity contribution in [2.45, 2.75) is 39.0 Å². The molecule has 0 fully saturated rings. The molecule has 0 bridgehead atoms. The summed E-state index contributed by atoms with van der Waals surface area (Å²) in [5.74, 6) is 0.508. The number of rotatable bonds is 0. The van der Waals surface area contributed by atoms with E-state index in [0.717, 1.165) is 18.4 Å². The molecule has 0 aromatic carbocycles. The van der Waals surface area contributed by atoms with Crippen LogP contribution in [0.4, 0.5) is 0 Å². The first kappa shape index (κ1) is 10.8. The molecule has 0 aromatic rings. The highest BCUT2D eigenvalue weighted by Crippen LogP contribution is 2.38. The Hall–Kier alpha value is -1.37. The second-order valence-corrected chi connectivity index (χ2v) is 5.32. The lowest BCUT2D eigenvalue weighted by molar-refractivity contribution is -0.118. The molecule has 3 aliphatic rings. The molecule has 0 aromatic heterocycles. The van der Waals surface area contributed by atoms with E-state index in [0.29, 0.717) is 5.78 Å². The van der Waals surface area contributed by atoms with E-state index in [1.54, 1.807) is 0 Å². The summed E-state index contributed by atoms with van der Waals surface area (Å²) in [6.07, 6.45) is 14.4. The van der Waals surface area contributed by atoms with Crippen LogP contribution in [-0.2, 0) is 4.79 Å². The van der Waals surface area contributed by atoms with Crippen molar-refractivity contribution in [3.05, 3.63) is 46.6 Å². The summed E-state index contributed by atoms with van der Waals surface area (Å²) in [7, 11) is 0. The van der Waals surface area contributed by atoms with Gasteiger partial charge in [0.15, 0.2) is 5.78 Å². The molecule has 0 saturated heterocycles. The zero-order valence-electron chi connectivity index (χ0n) is 10.3. The van der Waals surface area contributed by atoms with E-state index in [4.69, 9.17) is 0 Å². The van der Waals surface area contributed by atoms with Gasteiger partial charge in [0, 0.05) is 11.5 Å². The summed E-state index contributed by atoms with van der Waals surface area (Å²) in [4.78, 5) is 12.2. The second-order valence-electron chi connectivity index (χ2n) is 5.32. The number of ketones is 1. The molecule has 3 rings (SSSR count). The zero-order chi connectivity index (χ0) is 11.8. The van der Waals surface area contributed by atoms with Crippen molar-refractivity contribution >= 4 is 5.78 Å². The molecule has 0 amide bonds. The van der Waals surface area contributed by atoms with Crippen LogP contribution in [0.2, 0.25) is 0 Å². The molecule has 0 saturated carbocycles. The summed E-state index contributed by atoms with van der Waals surface area (Å²) in [5.41, 5.74) is 5.09. The molecule has 0 N–H and O–H groups in total. The molecular weight excluding hydrogens is 208 g/mol. The Morgan fingerprint density at radius 1 is 1.35 bits per heavy atom. The van der Waals surface area contributed by atoms with Crippen LogP contribution in [0.25, 0.3) is 0 Å². The maximum atomic E-state index is 12.2. The molecule has 0 aliphatic heterocycles. The fraction of sp³-hybridized carbons (Fsp3) is 0.438. The van der Waals surface area contributed by atoms with Crippen molar-refractivity contribution in [2.24, 2.45) is 5.92 Å². The van der Waals surface area contributed by atoms with Gasteiger partial charge in [0.2, 0.25) is 0 Å². The Labute approximate surface area is 103 Å². The van der Waals surface area contributed by atoms with E-state index in [1.165, 1.54) is 36.0 Å². The van der Waals surface area contributed by atoms with Crippen molar-refractivity contribution in [2.75, 3.05) is 0 Å². The summed E-state index contributed by atoms with van der Waals surface area (Å²) < 4.78 is 0. The van der Waals surface area contributed by atoms with Gasteiger partial charge in [0.1, 0.15) is 0 Å². The van der Waals surface area contributed by atoms with Crippen LogP contribution >= 0.6 is 0 Å². The SMILES string of the molecule is CC1CC=C2CC3=C(C=CCCC3)C=C2C1=O. The minimum absolute atomic E-state index is 0.168. The Balaban J connectivity index is 2.04. The first-order valence-corrected chi connectivity index (χ1v) is 6.59. The number of carbonyl (C=O) groups is 1. The molecule has 1 nitrogen and oxygen atoms in total. The number of fused-ring (bicyclic) bond motifs is 1. The van der Waals surface area contributed by atoms with E-state index < -0.39 is 0 Å². The normalized spacial score (nSPS) is 28.1. The predicted molar refractivity (Wildman–Crippen MR) is 69.6 cm³/mol. The largest absolute Gasteiger partial charge is 0.294 e. The van der Waals surface area contributed by atoms with Gasteiger partial charge in [0.25, 0.3) is 0 Å². The first-order chi connectivity index (χ1) is 8.25. The zero-order valence-corrected chi connectivity index (χ0v) is 10.3. The molecule has 1 heteroatoms. The summed E-state index contributed by atoms with van der Waals surface area (Å²) >= 11 is 0. The third kappa shape index (κ3) is 1.84. The molecule has 17 heavy (non-hydrogen) atoms. The van der Waals surface area contributed by atoms with Crippen molar-refractivity contribution < 1.29 is 4.79 Å². The third-order valence-corrected chi connectivity index (χ3v) is 4.04. The molecule has 0 radical (unpaired) electrons. The van der Waals surface area contributed by atoms with Gasteiger partial charge in [-0.2, -0.15) is 0 Å². The predicted octanol–water partition coefficient (Wildman–Crippen LogP) is 3.89. The van der Waals surface area contributed by atoms with Crippen LogP contribution in [0, 0.1) is 5.92 Å². The monoisotopic (exact) mass is 226 g/mol. The number of hydrogen-bond donors (Lipinski definition) is 0. The van der Waals surface area contributed by atoms with E-state index in [1.807, 2.05) is 6.92 Å². The van der Waals surface area contributed by atoms with Gasteiger partial charge in [-0.3, -0.25) is 4.79 Å². The number of allylic oxidation sites excluding steroid dienone is 8. The van der Waals surface area contributed by atoms with Crippen molar-refractivity contribution in [1.82, 2.24) is 0 Å². The maximum absolute atomic E-state index is 12.2. The smallest absolute Gasteiger partial charge is 0.166 e. The van der Waals surface area contributed by atoms with Crippen LogP contribution in [0.5, 0.6) is 0 Å². The van der Waals surface area contributed by atoms with Crippen LogP contribution in [-0.4, -0.2) is 5.78 Å². The topological polar surface area (TPSA) is 17.1 Å². The molecule has 0 spiro atoms. The highest BCUT2D eigenvalue weighted by atomic mass is 16.1. The molecule has 1 atom stereocenters. The van der Waals surface area contributed by atoms with E-state index >= 15 is 0 Å². The average Bonchev–Trinajstić information content (AvgIpc) is 2.57. The fourth-order valence-corrected chi connectivity index (χ4v) is 2.92. The lowest BCUT2D eigenvalue weighted by atomic mass is 9.77. The van der Waals surface area contributed by atoms with Crippen molar-refractivity contribution in [3.8, 4) is 0 Å². The van der Waals surface area contributed by atoms with Gasteiger partial charge < -0.3 is 0 Å². The van der Waals surface area contributed by atoms with E-state index in [-0.39, 0.29) is 5.92 Å². The highest BCUT2D eigenvalue weighted by molar-refractivity contribution is 6.03. The fourth-order valence-electron chi connectivity index (χ4n) is 2.92. The summed E-state index contributed by atoms with van der Waals surface area (Å²) in [6, 6.07) is 0. The summed E-state index contributed by atoms with van der Waals surface area (Å²) in [5, 5.41) is 0. The van der Waals surface area contributed by atoms with Crippen molar-refractivity contribution in [3.63, 3.8) is 0 Å². The molecule has 0 heterocycles. The summed E-state index contributed by atoms with van der Waals surface area (Å²) in [6.45, 7) is 2.03. The van der Waals surface area contributed by atoms with Crippen LogP contribution in [0.1, 0.15) is 39.0 Å². The Morgan fingerprint density at radius 3 is 3.12 bits per heavy atom. The Kier molecular flexibility index (Phi) is 2.62. The van der Waals surface area contributed by atoms with Crippen LogP contribution in [0.3, 0.4) is 0 Å². The highest BCUT2D eigenvalue weighted by Gasteiger charge is 2.28. The molecule has 1 unspecified atom stereocenters. The minimum atomic E-state index is 0.168. The average molecular weight is 226 g/mol. The van der Waals surface area contributed by atoms with Crippen LogP contribution in [0.15, 0.2) is 46.6 Å². The maximum Gasteiger partial charge on any atom is 0.166 e. The molecule has 3 aliphatic carbocycles. The Morgan fingerprint density at radius 2 is 2.24 bits per heavy atom. The minimum Gasteiger partial charge on any atom is -0.294 e. The standard InChI is InChI=1S/C16H18O/c1-11-7-8-14-9-12-5-3-2-4-6-13(12)10-15(14)16(11)17/h4,6,8,10-11H,2-3,5,7,9H2,1H3. The van der Waals surface area contributed by atoms with E-state index in [9.17, 15) is 4.79 Å². The number of hydrogen-bond acceptors (Lipinski definition) is 1. The lowest BCUT2D eigenvalue weighted by Gasteiger charge is -2.26. The van der Waals surface area contributed by atoms with Gasteiger partial charge in [-0.15, -0.1) is 0 Å². The second kappa shape index (κ2) is 4.14. The van der Waals surface area contributed by atoms with Gasteiger partial charge >= 0.3 is 0 Å². The lowest BCUT2D eigenvalue weighted by Crippen LogP contribution is -2.21. The van der Waals surface area contributed by atoms with Gasteiger partial charge in [0.05, 0.1) is 0 Å². The third-order valence-electron chi connectivity index (χ3n) is 4.04. The Bertz CT molecular complexity index is 486. The van der Waals surface area contributed by atoms with Gasteiger partial charge in [-0.25, -0.2) is 0 Å². The first-order valence-electron chi connectivity index (χ1n) is 6.59. The number of carbonyl (C=O) groups excluding carboxylic acids is 1. The quantitative estimate of drug-likeness (QED) is 0.612. The van der Waals surface area contributed by atoms with Gasteiger partial charge in [-0.1, -0.05) is 30.7 Å². The van der Waals surface area contributed by atoms with Gasteiger partial charge in [-0.05, 0) is 49.3 Å². The number of Topliss-reactive ketones (excluding diaryl/α,β-unsaturated/α-hetero) is 1. The molecule has 88 valence electrons. The van der Waals surface area contributed by atoms with Crippen molar-refractivity contribution in [1.29, 1.82) is 0 Å².